The summed E-state index contributed by atoms with van der Waals surface area (Å²) in [6.45, 7) is 1.31. The number of carbonyl (C=O) groups is 1. The van der Waals surface area contributed by atoms with Crippen LogP contribution in [0.1, 0.15) is 18.4 Å². The molecule has 1 aromatic heterocycles. The monoisotopic (exact) mass is 396 g/mol. The third kappa shape index (κ3) is 6.54. The highest BCUT2D eigenvalue weighted by molar-refractivity contribution is 9.10. The van der Waals surface area contributed by atoms with E-state index in [-0.39, 0.29) is 11.2 Å². The molecule has 1 heterocycles. The van der Waals surface area contributed by atoms with Crippen LogP contribution in [0.25, 0.3) is 0 Å². The van der Waals surface area contributed by atoms with Crippen molar-refractivity contribution in [1.82, 2.24) is 15.3 Å². The van der Waals surface area contributed by atoms with Crippen LogP contribution in [0.2, 0.25) is 5.28 Å². The van der Waals surface area contributed by atoms with Crippen molar-refractivity contribution in [2.75, 3.05) is 18.4 Å². The van der Waals surface area contributed by atoms with Gasteiger partial charge in [-0.1, -0.05) is 30.3 Å². The van der Waals surface area contributed by atoms with Gasteiger partial charge in [-0.2, -0.15) is 4.98 Å². The molecule has 0 aliphatic heterocycles. The molecule has 0 aliphatic carbocycles. The largest absolute Gasteiger partial charge is 0.369 e. The number of nitrogens with zero attached hydrogens (tertiary/aromatic N) is 2. The van der Waals surface area contributed by atoms with Gasteiger partial charge >= 0.3 is 0 Å². The van der Waals surface area contributed by atoms with Crippen LogP contribution in [0, 0.1) is 0 Å². The summed E-state index contributed by atoms with van der Waals surface area (Å²) in [6.07, 6.45) is 3.66. The third-order valence-electron chi connectivity index (χ3n) is 3.17. The predicted molar refractivity (Wildman–Crippen MR) is 95.6 cm³/mol. The SMILES string of the molecule is O=C(CCc1ccccc1)NCCCNc1nc(Cl)ncc1Br. The molecule has 23 heavy (non-hydrogen) atoms. The number of halogens is 2. The average molecular weight is 398 g/mol. The van der Waals surface area contributed by atoms with Crippen LogP contribution in [0.3, 0.4) is 0 Å². The van der Waals surface area contributed by atoms with Crippen LogP contribution < -0.4 is 10.6 Å². The molecule has 0 saturated heterocycles. The molecule has 2 rings (SSSR count). The zero-order chi connectivity index (χ0) is 16.5. The average Bonchev–Trinajstić information content (AvgIpc) is 2.56. The van der Waals surface area contributed by atoms with Crippen LogP contribution in [0.5, 0.6) is 0 Å². The summed E-state index contributed by atoms with van der Waals surface area (Å²) in [6, 6.07) is 10.00. The number of amides is 1. The van der Waals surface area contributed by atoms with E-state index in [1.165, 1.54) is 5.56 Å². The third-order valence-corrected chi connectivity index (χ3v) is 3.93. The quantitative estimate of drug-likeness (QED) is 0.529. The number of aryl methyl sites for hydroxylation is 1. The minimum atomic E-state index is 0.0696. The summed E-state index contributed by atoms with van der Waals surface area (Å²) in [4.78, 5) is 19.7. The summed E-state index contributed by atoms with van der Waals surface area (Å²) in [5, 5.41) is 6.27. The van der Waals surface area contributed by atoms with Gasteiger partial charge < -0.3 is 10.6 Å². The standard InChI is InChI=1S/C16H18BrClN4O/c17-13-11-21-16(18)22-15(13)20-10-4-9-19-14(23)8-7-12-5-2-1-3-6-12/h1-3,5-6,11H,4,7-10H2,(H,19,23)(H,20,21,22). The Morgan fingerprint density at radius 2 is 2.00 bits per heavy atom. The van der Waals surface area contributed by atoms with Gasteiger partial charge in [-0.25, -0.2) is 4.98 Å². The molecule has 2 aromatic rings. The number of benzene rings is 1. The highest BCUT2D eigenvalue weighted by Crippen LogP contribution is 2.19. The summed E-state index contributed by atoms with van der Waals surface area (Å²) < 4.78 is 0.758. The molecule has 122 valence electrons. The highest BCUT2D eigenvalue weighted by Gasteiger charge is 2.04. The summed E-state index contributed by atoms with van der Waals surface area (Å²) in [5.74, 6) is 0.723. The number of anilines is 1. The Labute approximate surface area is 149 Å². The smallest absolute Gasteiger partial charge is 0.224 e. The van der Waals surface area contributed by atoms with Crippen molar-refractivity contribution in [3.63, 3.8) is 0 Å². The molecule has 0 unspecified atom stereocenters. The second-order valence-corrected chi connectivity index (χ2v) is 6.14. The fraction of sp³-hybridized carbons (Fsp3) is 0.312. The van der Waals surface area contributed by atoms with Crippen molar-refractivity contribution in [1.29, 1.82) is 0 Å². The molecule has 0 aliphatic rings. The minimum absolute atomic E-state index is 0.0696. The van der Waals surface area contributed by atoms with E-state index in [4.69, 9.17) is 11.6 Å². The van der Waals surface area contributed by atoms with Crippen LogP contribution in [-0.4, -0.2) is 29.0 Å². The van der Waals surface area contributed by atoms with Crippen molar-refractivity contribution < 1.29 is 4.79 Å². The van der Waals surface area contributed by atoms with E-state index in [1.54, 1.807) is 6.20 Å². The van der Waals surface area contributed by atoms with E-state index >= 15 is 0 Å². The number of hydrogen-bond donors (Lipinski definition) is 2. The number of nitrogens with one attached hydrogen (secondary N) is 2. The molecular formula is C16H18BrClN4O. The lowest BCUT2D eigenvalue weighted by Crippen LogP contribution is -2.26. The Kier molecular flexibility index (Phi) is 7.29. The lowest BCUT2D eigenvalue weighted by atomic mass is 10.1. The van der Waals surface area contributed by atoms with Gasteiger partial charge in [-0.3, -0.25) is 4.79 Å². The summed E-state index contributed by atoms with van der Waals surface area (Å²) >= 11 is 9.09. The van der Waals surface area contributed by atoms with Gasteiger partial charge in [0.1, 0.15) is 5.82 Å². The Hall–Kier alpha value is -1.66. The lowest BCUT2D eigenvalue weighted by Gasteiger charge is -2.08. The first-order valence-electron chi connectivity index (χ1n) is 7.37. The molecule has 1 amide bonds. The van der Waals surface area contributed by atoms with Crippen LogP contribution in [0.4, 0.5) is 5.82 Å². The van der Waals surface area contributed by atoms with Crippen LogP contribution in [-0.2, 0) is 11.2 Å². The van der Waals surface area contributed by atoms with E-state index in [9.17, 15) is 4.79 Å². The van der Waals surface area contributed by atoms with Crippen molar-refractivity contribution in [2.24, 2.45) is 0 Å². The summed E-state index contributed by atoms with van der Waals surface area (Å²) in [5.41, 5.74) is 1.18. The molecule has 7 heteroatoms. The molecule has 1 aromatic carbocycles. The minimum Gasteiger partial charge on any atom is -0.369 e. The maximum atomic E-state index is 11.8. The Morgan fingerprint density at radius 1 is 1.22 bits per heavy atom. The Balaban J connectivity index is 1.60. The molecule has 0 atom stereocenters. The first-order valence-corrected chi connectivity index (χ1v) is 8.55. The Bertz CT molecular complexity index is 639. The molecule has 2 N–H and O–H groups in total. The first-order chi connectivity index (χ1) is 11.1. The van der Waals surface area contributed by atoms with Gasteiger partial charge in [0.05, 0.1) is 4.47 Å². The maximum absolute atomic E-state index is 11.8. The van der Waals surface area contributed by atoms with Gasteiger partial charge in [0.2, 0.25) is 11.2 Å². The van der Waals surface area contributed by atoms with Crippen molar-refractivity contribution in [3.8, 4) is 0 Å². The number of hydrogen-bond acceptors (Lipinski definition) is 4. The van der Waals surface area contributed by atoms with Crippen LogP contribution >= 0.6 is 27.5 Å². The summed E-state index contributed by atoms with van der Waals surface area (Å²) in [7, 11) is 0. The van der Waals surface area contributed by atoms with E-state index in [0.717, 1.165) is 17.3 Å². The molecule has 0 bridgehead atoms. The van der Waals surface area contributed by atoms with Gasteiger partial charge in [-0.05, 0) is 45.9 Å². The highest BCUT2D eigenvalue weighted by atomic mass is 79.9. The number of rotatable bonds is 8. The molecule has 5 nitrogen and oxygen atoms in total. The predicted octanol–water partition coefficient (Wildman–Crippen LogP) is 3.44. The van der Waals surface area contributed by atoms with Gasteiger partial charge in [0.25, 0.3) is 0 Å². The van der Waals surface area contributed by atoms with E-state index in [0.29, 0.717) is 25.3 Å². The topological polar surface area (TPSA) is 66.9 Å². The lowest BCUT2D eigenvalue weighted by molar-refractivity contribution is -0.121. The zero-order valence-electron chi connectivity index (χ0n) is 12.6. The van der Waals surface area contributed by atoms with Gasteiger partial charge in [0.15, 0.2) is 0 Å². The van der Waals surface area contributed by atoms with Gasteiger partial charge in [-0.15, -0.1) is 0 Å². The fourth-order valence-electron chi connectivity index (χ4n) is 1.98. The Morgan fingerprint density at radius 3 is 2.78 bits per heavy atom. The fourth-order valence-corrected chi connectivity index (χ4v) is 2.45. The van der Waals surface area contributed by atoms with Crippen molar-refractivity contribution in [2.45, 2.75) is 19.3 Å². The molecule has 0 saturated carbocycles. The molecule has 0 radical (unpaired) electrons. The second kappa shape index (κ2) is 9.47. The second-order valence-electron chi connectivity index (χ2n) is 4.95. The zero-order valence-corrected chi connectivity index (χ0v) is 14.9. The normalized spacial score (nSPS) is 10.3. The van der Waals surface area contributed by atoms with Crippen molar-refractivity contribution >= 4 is 39.3 Å². The molecule has 0 fully saturated rings. The number of aromatic nitrogens is 2. The van der Waals surface area contributed by atoms with Crippen LogP contribution in [0.15, 0.2) is 41.0 Å². The maximum Gasteiger partial charge on any atom is 0.224 e. The van der Waals surface area contributed by atoms with E-state index < -0.39 is 0 Å². The first kappa shape index (κ1) is 17.7. The van der Waals surface area contributed by atoms with Crippen molar-refractivity contribution in [3.05, 3.63) is 51.8 Å². The molecule has 0 spiro atoms. The van der Waals surface area contributed by atoms with Gasteiger partial charge in [0, 0.05) is 25.7 Å². The van der Waals surface area contributed by atoms with E-state index in [2.05, 4.69) is 36.5 Å². The molecular weight excluding hydrogens is 380 g/mol. The van der Waals surface area contributed by atoms with E-state index in [1.807, 2.05) is 30.3 Å². The number of carbonyl (C=O) groups excluding carboxylic acids is 1.